The fourth-order valence-electron chi connectivity index (χ4n) is 4.14. The minimum Gasteiger partial charge on any atom is -0.542 e. The van der Waals surface area contributed by atoms with E-state index in [4.69, 9.17) is 18.6 Å². The number of rotatable bonds is 9. The van der Waals surface area contributed by atoms with E-state index < -0.39 is 25.7 Å². The number of halogens is 1. The number of carbonyl (C=O) groups is 1. The third kappa shape index (κ3) is 8.22. The molecule has 1 N–H and O–H groups in total. The quantitative estimate of drug-likeness (QED) is 0.114. The first-order chi connectivity index (χ1) is 20.5. The Morgan fingerprint density at radius 3 is 2.41 bits per heavy atom. The number of nitrogens with one attached hydrogen (secondary N) is 1. The second kappa shape index (κ2) is 12.8. The molecule has 0 atom stereocenters. The number of carbonyl (C=O) groups excluding carboxylic acids is 1. The molecule has 2 aromatic heterocycles. The van der Waals surface area contributed by atoms with Gasteiger partial charge >= 0.3 is 5.97 Å². The Morgan fingerprint density at radius 2 is 1.77 bits per heavy atom. The summed E-state index contributed by atoms with van der Waals surface area (Å²) in [6, 6.07) is 16.6. The summed E-state index contributed by atoms with van der Waals surface area (Å²) in [6.07, 6.45) is 4.96. The Bertz CT molecular complexity index is 1650. The zero-order valence-corrected chi connectivity index (χ0v) is 28.0. The van der Waals surface area contributed by atoms with Gasteiger partial charge in [0.25, 0.3) is 8.32 Å². The number of esters is 1. The summed E-state index contributed by atoms with van der Waals surface area (Å²) < 4.78 is 33.5. The van der Waals surface area contributed by atoms with Crippen LogP contribution in [0.4, 0.5) is 10.2 Å². The SMILES string of the molecule is Cc1cccc(Cc2nc(-c3cccc(O[Si](C)(C)C(C)(C)C)c3F)cnc2N/C(=C\c2ccco2)C(=O)OC(C)(C)C)c1. The van der Waals surface area contributed by atoms with Crippen molar-refractivity contribution in [1.29, 1.82) is 0 Å². The third-order valence-corrected chi connectivity index (χ3v) is 11.8. The lowest BCUT2D eigenvalue weighted by Gasteiger charge is -2.36. The first-order valence-corrected chi connectivity index (χ1v) is 17.6. The molecule has 9 heteroatoms. The van der Waals surface area contributed by atoms with E-state index in [1.807, 2.05) is 25.1 Å². The number of ether oxygens (including phenoxy) is 1. The largest absolute Gasteiger partial charge is 0.542 e. The lowest BCUT2D eigenvalue weighted by molar-refractivity contribution is -0.149. The predicted molar refractivity (Wildman–Crippen MR) is 175 cm³/mol. The van der Waals surface area contributed by atoms with Crippen molar-refractivity contribution in [2.24, 2.45) is 0 Å². The summed E-state index contributed by atoms with van der Waals surface area (Å²) in [5.74, 6) is -0.0625. The van der Waals surface area contributed by atoms with E-state index in [9.17, 15) is 4.79 Å². The Hall–Kier alpha value is -4.24. The molecular weight excluding hydrogens is 573 g/mol. The molecule has 2 aromatic carbocycles. The molecule has 2 heterocycles. The molecule has 4 rings (SSSR count). The molecule has 0 saturated heterocycles. The van der Waals surface area contributed by atoms with Crippen molar-refractivity contribution in [1.82, 2.24) is 9.97 Å². The molecule has 0 aliphatic carbocycles. The summed E-state index contributed by atoms with van der Waals surface area (Å²) in [6.45, 7) is 17.9. The van der Waals surface area contributed by atoms with Crippen LogP contribution in [0.2, 0.25) is 18.1 Å². The van der Waals surface area contributed by atoms with E-state index in [1.54, 1.807) is 57.2 Å². The van der Waals surface area contributed by atoms with Crippen molar-refractivity contribution in [2.75, 3.05) is 5.32 Å². The zero-order chi connectivity index (χ0) is 32.3. The Kier molecular flexibility index (Phi) is 9.49. The minimum absolute atomic E-state index is 0.0986. The van der Waals surface area contributed by atoms with Gasteiger partial charge in [-0.25, -0.2) is 19.2 Å². The number of aromatic nitrogens is 2. The van der Waals surface area contributed by atoms with Crippen LogP contribution in [0.5, 0.6) is 5.75 Å². The fourth-order valence-corrected chi connectivity index (χ4v) is 5.15. The van der Waals surface area contributed by atoms with Crippen LogP contribution >= 0.6 is 0 Å². The molecule has 7 nitrogen and oxygen atoms in total. The summed E-state index contributed by atoms with van der Waals surface area (Å²) in [5.41, 5.74) is 2.64. The Labute approximate surface area is 260 Å². The molecule has 44 heavy (non-hydrogen) atoms. The highest BCUT2D eigenvalue weighted by Gasteiger charge is 2.39. The monoisotopic (exact) mass is 615 g/mol. The fraction of sp³-hybridized carbons (Fsp3) is 0.343. The van der Waals surface area contributed by atoms with Crippen molar-refractivity contribution in [3.05, 3.63) is 101 Å². The molecule has 0 unspecified atom stereocenters. The average Bonchev–Trinajstić information content (AvgIpc) is 3.42. The first kappa shape index (κ1) is 32.7. The Balaban J connectivity index is 1.79. The van der Waals surface area contributed by atoms with E-state index >= 15 is 4.39 Å². The van der Waals surface area contributed by atoms with E-state index in [-0.39, 0.29) is 22.0 Å². The number of nitrogens with zero attached hydrogens (tertiary/aromatic N) is 2. The van der Waals surface area contributed by atoms with Gasteiger partial charge in [-0.05, 0) is 75.7 Å². The van der Waals surface area contributed by atoms with Gasteiger partial charge in [0, 0.05) is 18.1 Å². The molecule has 0 spiro atoms. The maximum Gasteiger partial charge on any atom is 0.355 e. The summed E-state index contributed by atoms with van der Waals surface area (Å²) in [5, 5.41) is 3.04. The molecule has 0 radical (unpaired) electrons. The molecule has 0 amide bonds. The van der Waals surface area contributed by atoms with Gasteiger partial charge in [0.05, 0.1) is 23.8 Å². The van der Waals surface area contributed by atoms with Crippen molar-refractivity contribution in [3.8, 4) is 17.0 Å². The standard InChI is InChI=1S/C35H42FN3O4Si/c1-23-13-10-14-24(19-23)20-27-32(39-28(21-25-15-12-18-41-25)33(40)42-34(2,3)4)37-22-29(38-27)26-16-11-17-30(31(26)36)43-44(8,9)35(5,6)7/h10-19,21-22H,20H2,1-9H3,(H,37,39)/b28-21-. The van der Waals surface area contributed by atoms with Gasteiger partial charge in [0.2, 0.25) is 0 Å². The molecule has 0 saturated carbocycles. The number of benzene rings is 2. The van der Waals surface area contributed by atoms with Crippen LogP contribution in [0.3, 0.4) is 0 Å². The summed E-state index contributed by atoms with van der Waals surface area (Å²) in [4.78, 5) is 22.8. The number of hydrogen-bond donors (Lipinski definition) is 1. The first-order valence-electron chi connectivity index (χ1n) is 14.7. The van der Waals surface area contributed by atoms with Crippen molar-refractivity contribution >= 4 is 26.2 Å². The van der Waals surface area contributed by atoms with Gasteiger partial charge in [0.15, 0.2) is 11.6 Å². The van der Waals surface area contributed by atoms with Gasteiger partial charge in [-0.15, -0.1) is 0 Å². The van der Waals surface area contributed by atoms with Crippen molar-refractivity contribution < 1.29 is 22.8 Å². The number of hydrogen-bond acceptors (Lipinski definition) is 7. The number of anilines is 1. The highest BCUT2D eigenvalue weighted by Crippen LogP contribution is 2.39. The average molecular weight is 616 g/mol. The summed E-state index contributed by atoms with van der Waals surface area (Å²) in [7, 11) is -2.29. The predicted octanol–water partition coefficient (Wildman–Crippen LogP) is 8.95. The van der Waals surface area contributed by atoms with E-state index in [0.29, 0.717) is 29.4 Å². The molecule has 0 aliphatic rings. The van der Waals surface area contributed by atoms with Crippen LogP contribution in [-0.4, -0.2) is 29.9 Å². The van der Waals surface area contributed by atoms with Crippen LogP contribution in [0.25, 0.3) is 17.3 Å². The molecule has 232 valence electrons. The zero-order valence-electron chi connectivity index (χ0n) is 27.0. The van der Waals surface area contributed by atoms with Crippen molar-refractivity contribution in [2.45, 2.75) is 78.6 Å². The highest BCUT2D eigenvalue weighted by molar-refractivity contribution is 6.74. The lowest BCUT2D eigenvalue weighted by atomic mass is 10.1. The maximum absolute atomic E-state index is 16.0. The van der Waals surface area contributed by atoms with Crippen LogP contribution in [0, 0.1) is 12.7 Å². The smallest absolute Gasteiger partial charge is 0.355 e. The second-order valence-electron chi connectivity index (χ2n) is 13.4. The normalized spacial score (nSPS) is 12.6. The van der Waals surface area contributed by atoms with E-state index in [0.717, 1.165) is 11.1 Å². The molecule has 0 bridgehead atoms. The number of furan rings is 1. The van der Waals surface area contributed by atoms with Gasteiger partial charge < -0.3 is 18.9 Å². The number of aryl methyl sites for hydroxylation is 1. The highest BCUT2D eigenvalue weighted by atomic mass is 28.4. The van der Waals surface area contributed by atoms with Gasteiger partial charge in [-0.3, -0.25) is 0 Å². The van der Waals surface area contributed by atoms with Crippen LogP contribution in [0.1, 0.15) is 64.1 Å². The molecule has 0 aliphatic heterocycles. The van der Waals surface area contributed by atoms with Crippen LogP contribution < -0.4 is 9.74 Å². The van der Waals surface area contributed by atoms with Gasteiger partial charge in [0.1, 0.15) is 22.8 Å². The molecule has 0 fully saturated rings. The second-order valence-corrected chi connectivity index (χ2v) is 18.1. The van der Waals surface area contributed by atoms with Crippen molar-refractivity contribution in [3.63, 3.8) is 0 Å². The van der Waals surface area contributed by atoms with Gasteiger partial charge in [-0.1, -0.05) is 56.7 Å². The minimum atomic E-state index is -2.29. The molecule has 4 aromatic rings. The van der Waals surface area contributed by atoms with E-state index in [1.165, 1.54) is 12.5 Å². The van der Waals surface area contributed by atoms with Crippen LogP contribution in [0.15, 0.2) is 77.2 Å². The topological polar surface area (TPSA) is 86.5 Å². The Morgan fingerprint density at radius 1 is 1.05 bits per heavy atom. The summed E-state index contributed by atoms with van der Waals surface area (Å²) >= 11 is 0. The maximum atomic E-state index is 16.0. The van der Waals surface area contributed by atoms with E-state index in [2.05, 4.69) is 50.2 Å². The van der Waals surface area contributed by atoms with Crippen LogP contribution in [-0.2, 0) is 16.0 Å². The third-order valence-electron chi connectivity index (χ3n) is 7.41. The lowest BCUT2D eigenvalue weighted by Crippen LogP contribution is -2.44. The molecular formula is C35H42FN3O4Si. The van der Waals surface area contributed by atoms with Gasteiger partial charge in [-0.2, -0.15) is 0 Å².